The van der Waals surface area contributed by atoms with E-state index in [1.807, 2.05) is 0 Å². The van der Waals surface area contributed by atoms with Crippen LogP contribution in [0.25, 0.3) is 0 Å². The molecule has 0 saturated carbocycles. The van der Waals surface area contributed by atoms with E-state index in [0.29, 0.717) is 0 Å². The third-order valence-electron chi connectivity index (χ3n) is 1.97. The smallest absolute Gasteiger partial charge is 0.148 e. The Morgan fingerprint density at radius 1 is 1.31 bits per heavy atom. The van der Waals surface area contributed by atoms with Crippen LogP contribution in [0.2, 0.25) is 0 Å². The van der Waals surface area contributed by atoms with E-state index in [0.717, 1.165) is 18.4 Å². The SMILES string of the molecule is CS(=O)(=O)CC(Br)Cc1c(F)cccc1F. The van der Waals surface area contributed by atoms with Gasteiger partial charge in [-0.05, 0) is 18.6 Å². The molecule has 0 aliphatic carbocycles. The Morgan fingerprint density at radius 3 is 2.25 bits per heavy atom. The van der Waals surface area contributed by atoms with Gasteiger partial charge in [-0.1, -0.05) is 22.0 Å². The van der Waals surface area contributed by atoms with Crippen molar-refractivity contribution in [2.24, 2.45) is 0 Å². The standard InChI is InChI=1S/C10H11BrF2O2S/c1-16(14,15)6-7(11)5-8-9(12)3-2-4-10(8)13/h2-4,7H,5-6H2,1H3. The van der Waals surface area contributed by atoms with Gasteiger partial charge in [0.05, 0.1) is 5.75 Å². The van der Waals surface area contributed by atoms with E-state index in [4.69, 9.17) is 0 Å². The van der Waals surface area contributed by atoms with Crippen molar-refractivity contribution in [3.63, 3.8) is 0 Å². The van der Waals surface area contributed by atoms with Gasteiger partial charge in [-0.2, -0.15) is 0 Å². The average molecular weight is 313 g/mol. The molecule has 0 spiro atoms. The van der Waals surface area contributed by atoms with Crippen molar-refractivity contribution in [1.29, 1.82) is 0 Å². The predicted octanol–water partition coefficient (Wildman–Crippen LogP) is 2.32. The van der Waals surface area contributed by atoms with Crippen LogP contribution in [-0.4, -0.2) is 25.3 Å². The van der Waals surface area contributed by atoms with Gasteiger partial charge in [0.25, 0.3) is 0 Å². The zero-order valence-electron chi connectivity index (χ0n) is 8.58. The van der Waals surface area contributed by atoms with Crippen LogP contribution in [0.3, 0.4) is 0 Å². The summed E-state index contributed by atoms with van der Waals surface area (Å²) in [6, 6.07) is 3.57. The van der Waals surface area contributed by atoms with Gasteiger partial charge in [0.1, 0.15) is 21.5 Å². The third-order valence-corrected chi connectivity index (χ3v) is 4.05. The van der Waals surface area contributed by atoms with E-state index in [1.54, 1.807) is 0 Å². The van der Waals surface area contributed by atoms with E-state index in [-0.39, 0.29) is 17.7 Å². The van der Waals surface area contributed by atoms with Crippen LogP contribution in [-0.2, 0) is 16.3 Å². The van der Waals surface area contributed by atoms with E-state index in [1.165, 1.54) is 6.07 Å². The number of rotatable bonds is 4. The Kier molecular flexibility index (Phi) is 4.43. The molecule has 0 aromatic heterocycles. The zero-order valence-corrected chi connectivity index (χ0v) is 11.0. The maximum Gasteiger partial charge on any atom is 0.148 e. The van der Waals surface area contributed by atoms with Crippen molar-refractivity contribution in [2.75, 3.05) is 12.0 Å². The van der Waals surface area contributed by atoms with Gasteiger partial charge < -0.3 is 0 Å². The van der Waals surface area contributed by atoms with Crippen LogP contribution < -0.4 is 0 Å². The molecule has 2 nitrogen and oxygen atoms in total. The van der Waals surface area contributed by atoms with E-state index >= 15 is 0 Å². The number of hydrogen-bond donors (Lipinski definition) is 0. The fourth-order valence-electron chi connectivity index (χ4n) is 1.34. The third kappa shape index (κ3) is 4.17. The lowest BCUT2D eigenvalue weighted by molar-refractivity contribution is 0.553. The number of sulfone groups is 1. The normalized spacial score (nSPS) is 13.8. The molecule has 0 saturated heterocycles. The Hall–Kier alpha value is -0.490. The fraction of sp³-hybridized carbons (Fsp3) is 0.400. The summed E-state index contributed by atoms with van der Waals surface area (Å²) in [6.07, 6.45) is 1.09. The summed E-state index contributed by atoms with van der Waals surface area (Å²) < 4.78 is 48.4. The minimum absolute atomic E-state index is 0.00553. The van der Waals surface area contributed by atoms with Crippen molar-refractivity contribution in [2.45, 2.75) is 11.2 Å². The molecule has 0 fully saturated rings. The Morgan fingerprint density at radius 2 is 1.81 bits per heavy atom. The first-order valence-corrected chi connectivity index (χ1v) is 7.52. The first-order valence-electron chi connectivity index (χ1n) is 4.54. The van der Waals surface area contributed by atoms with Crippen LogP contribution in [0.5, 0.6) is 0 Å². The summed E-state index contributed by atoms with van der Waals surface area (Å²) >= 11 is 3.11. The van der Waals surface area contributed by atoms with Crippen LogP contribution in [0.4, 0.5) is 8.78 Å². The molecule has 0 heterocycles. The lowest BCUT2D eigenvalue weighted by Crippen LogP contribution is -2.17. The molecule has 0 amide bonds. The number of benzene rings is 1. The van der Waals surface area contributed by atoms with Gasteiger partial charge in [-0.25, -0.2) is 17.2 Å². The summed E-state index contributed by atoms with van der Waals surface area (Å²) in [5.74, 6) is -1.46. The second kappa shape index (κ2) is 5.23. The quantitative estimate of drug-likeness (QED) is 0.800. The summed E-state index contributed by atoms with van der Waals surface area (Å²) in [7, 11) is -3.16. The highest BCUT2D eigenvalue weighted by molar-refractivity contribution is 9.09. The van der Waals surface area contributed by atoms with Gasteiger partial charge in [0.15, 0.2) is 0 Å². The predicted molar refractivity (Wildman–Crippen MR) is 62.5 cm³/mol. The number of alkyl halides is 1. The fourth-order valence-corrected chi connectivity index (χ4v) is 3.88. The van der Waals surface area contributed by atoms with E-state index < -0.39 is 26.3 Å². The first-order chi connectivity index (χ1) is 7.29. The van der Waals surface area contributed by atoms with Crippen LogP contribution in [0, 0.1) is 11.6 Å². The topological polar surface area (TPSA) is 34.1 Å². The lowest BCUT2D eigenvalue weighted by atomic mass is 10.1. The summed E-state index contributed by atoms with van der Waals surface area (Å²) in [6.45, 7) is 0. The van der Waals surface area contributed by atoms with E-state index in [2.05, 4.69) is 15.9 Å². The number of halogens is 3. The largest absolute Gasteiger partial charge is 0.229 e. The molecule has 1 rings (SSSR count). The molecule has 1 atom stereocenters. The molecule has 1 aromatic rings. The van der Waals surface area contributed by atoms with Crippen molar-refractivity contribution in [3.05, 3.63) is 35.4 Å². The molecule has 6 heteroatoms. The molecule has 0 N–H and O–H groups in total. The summed E-state index contributed by atoms with van der Waals surface area (Å²) in [4.78, 5) is -0.492. The molecule has 1 unspecified atom stereocenters. The molecule has 16 heavy (non-hydrogen) atoms. The van der Waals surface area contributed by atoms with Gasteiger partial charge in [-0.15, -0.1) is 0 Å². The number of hydrogen-bond acceptors (Lipinski definition) is 2. The highest BCUT2D eigenvalue weighted by Crippen LogP contribution is 2.18. The lowest BCUT2D eigenvalue weighted by Gasteiger charge is -2.10. The molecular formula is C10H11BrF2O2S. The monoisotopic (exact) mass is 312 g/mol. The Bertz CT molecular complexity index is 453. The molecule has 1 aromatic carbocycles. The maximum atomic E-state index is 13.2. The molecular weight excluding hydrogens is 302 g/mol. The molecule has 0 aliphatic rings. The Balaban J connectivity index is 2.81. The molecule has 0 radical (unpaired) electrons. The van der Waals surface area contributed by atoms with Crippen molar-refractivity contribution >= 4 is 25.8 Å². The van der Waals surface area contributed by atoms with E-state index in [9.17, 15) is 17.2 Å². The van der Waals surface area contributed by atoms with Crippen LogP contribution in [0.15, 0.2) is 18.2 Å². The minimum Gasteiger partial charge on any atom is -0.229 e. The summed E-state index contributed by atoms with van der Waals surface area (Å²) in [5.41, 5.74) is -0.0898. The highest BCUT2D eigenvalue weighted by Gasteiger charge is 2.17. The summed E-state index contributed by atoms with van der Waals surface area (Å²) in [5, 5.41) is 0. The second-order valence-electron chi connectivity index (χ2n) is 3.59. The Labute approximate surface area is 102 Å². The van der Waals surface area contributed by atoms with Crippen molar-refractivity contribution in [1.82, 2.24) is 0 Å². The zero-order chi connectivity index (χ0) is 12.3. The van der Waals surface area contributed by atoms with Gasteiger partial charge >= 0.3 is 0 Å². The van der Waals surface area contributed by atoms with Crippen molar-refractivity contribution in [3.8, 4) is 0 Å². The highest BCUT2D eigenvalue weighted by atomic mass is 79.9. The van der Waals surface area contributed by atoms with Gasteiger partial charge in [0.2, 0.25) is 0 Å². The molecule has 0 bridgehead atoms. The average Bonchev–Trinajstić information content (AvgIpc) is 2.08. The van der Waals surface area contributed by atoms with Crippen LogP contribution in [0.1, 0.15) is 5.56 Å². The minimum atomic E-state index is -3.16. The molecule has 0 aliphatic heterocycles. The second-order valence-corrected chi connectivity index (χ2v) is 7.07. The van der Waals surface area contributed by atoms with Crippen LogP contribution >= 0.6 is 15.9 Å². The van der Waals surface area contributed by atoms with Gasteiger partial charge in [-0.3, -0.25) is 0 Å². The van der Waals surface area contributed by atoms with Gasteiger partial charge in [0, 0.05) is 16.6 Å². The maximum absolute atomic E-state index is 13.2. The first kappa shape index (κ1) is 13.6. The van der Waals surface area contributed by atoms with Crippen molar-refractivity contribution < 1.29 is 17.2 Å². The molecule has 90 valence electrons.